The Morgan fingerprint density at radius 1 is 1.17 bits per heavy atom. The monoisotopic (exact) mass is 533 g/mol. The summed E-state index contributed by atoms with van der Waals surface area (Å²) < 4.78 is 13.5. The minimum absolute atomic E-state index is 0.0837. The van der Waals surface area contributed by atoms with Crippen LogP contribution in [0, 0.1) is 0 Å². The Morgan fingerprint density at radius 3 is 2.74 bits per heavy atom. The summed E-state index contributed by atoms with van der Waals surface area (Å²) in [4.78, 5) is 43.3. The van der Waals surface area contributed by atoms with Crippen LogP contribution < -0.4 is 14.9 Å². The van der Waals surface area contributed by atoms with Crippen molar-refractivity contribution in [3.05, 3.63) is 39.0 Å². The third-order valence-corrected chi connectivity index (χ3v) is 8.69. The molecule has 0 saturated heterocycles. The van der Waals surface area contributed by atoms with Crippen LogP contribution in [0.1, 0.15) is 41.1 Å². The molecule has 0 radical (unpaired) electrons. The van der Waals surface area contributed by atoms with Crippen molar-refractivity contribution in [3.63, 3.8) is 0 Å². The highest BCUT2D eigenvalue weighted by atomic mass is 32.2. The molecule has 0 spiro atoms. The van der Waals surface area contributed by atoms with Gasteiger partial charge in [-0.15, -0.1) is 23.1 Å². The van der Waals surface area contributed by atoms with Crippen molar-refractivity contribution in [2.24, 2.45) is 4.99 Å². The van der Waals surface area contributed by atoms with Crippen LogP contribution in [0.4, 0.5) is 5.00 Å². The second kappa shape index (κ2) is 11.4. The normalized spacial score (nSPS) is 13.2. The molecule has 1 aliphatic rings. The van der Waals surface area contributed by atoms with E-state index in [2.05, 4.69) is 10.3 Å². The number of aromatic nitrogens is 1. The predicted octanol–water partition coefficient (Wildman–Crippen LogP) is 4.26. The number of thioether (sulfide) groups is 1. The van der Waals surface area contributed by atoms with E-state index in [0.29, 0.717) is 28.5 Å². The molecule has 0 fully saturated rings. The van der Waals surface area contributed by atoms with E-state index in [9.17, 15) is 14.4 Å². The largest absolute Gasteiger partial charge is 0.494 e. The van der Waals surface area contributed by atoms with Crippen molar-refractivity contribution in [1.29, 1.82) is 0 Å². The molecule has 11 heteroatoms. The number of carbonyl (C=O) groups excluding carboxylic acids is 3. The number of nitrogens with one attached hydrogen (secondary N) is 1. The molecular weight excluding hydrogens is 506 g/mol. The molecule has 0 bridgehead atoms. The molecule has 4 rings (SSSR count). The number of fused-ring (bicyclic) bond motifs is 2. The molecule has 1 N–H and O–H groups in total. The molecule has 2 heterocycles. The topological polar surface area (TPSA) is 99.0 Å². The Labute approximate surface area is 215 Å². The third-order valence-electron chi connectivity index (χ3n) is 5.52. The van der Waals surface area contributed by atoms with Gasteiger partial charge in [-0.1, -0.05) is 11.3 Å². The molecule has 35 heavy (non-hydrogen) atoms. The number of nitrogens with zero attached hydrogens (tertiary/aromatic N) is 2. The van der Waals surface area contributed by atoms with Gasteiger partial charge in [-0.3, -0.25) is 9.59 Å². The first-order valence-electron chi connectivity index (χ1n) is 11.4. The number of thiophene rings is 1. The fourth-order valence-electron chi connectivity index (χ4n) is 4.04. The van der Waals surface area contributed by atoms with Gasteiger partial charge in [0.15, 0.2) is 4.80 Å². The zero-order valence-corrected chi connectivity index (χ0v) is 22.3. The van der Waals surface area contributed by atoms with Crippen molar-refractivity contribution in [3.8, 4) is 5.75 Å². The Balaban J connectivity index is 1.39. The maximum absolute atomic E-state index is 12.5. The minimum Gasteiger partial charge on any atom is -0.494 e. The van der Waals surface area contributed by atoms with Crippen LogP contribution in [0.2, 0.25) is 0 Å². The summed E-state index contributed by atoms with van der Waals surface area (Å²) in [5, 5.41) is 3.36. The molecule has 1 aliphatic carbocycles. The van der Waals surface area contributed by atoms with Gasteiger partial charge in [0.25, 0.3) is 5.91 Å². The van der Waals surface area contributed by atoms with Gasteiger partial charge < -0.3 is 19.4 Å². The number of aryl methyl sites for hydroxylation is 2. The number of anilines is 1. The van der Waals surface area contributed by atoms with Crippen molar-refractivity contribution in [2.45, 2.75) is 39.7 Å². The van der Waals surface area contributed by atoms with Crippen LogP contribution in [0.5, 0.6) is 5.75 Å². The SMILES string of the molecule is CCOc1ccc2c(c1)sc(=NC(=O)CSCC(=O)Nc1sc3c(c1C(=O)OC)CCC3)n2CC. The molecule has 0 saturated carbocycles. The van der Waals surface area contributed by atoms with Gasteiger partial charge in [0, 0.05) is 11.4 Å². The first-order valence-corrected chi connectivity index (χ1v) is 14.2. The van der Waals surface area contributed by atoms with E-state index >= 15 is 0 Å². The van der Waals surface area contributed by atoms with Crippen molar-refractivity contribution in [2.75, 3.05) is 30.5 Å². The lowest BCUT2D eigenvalue weighted by Gasteiger charge is -2.06. The van der Waals surface area contributed by atoms with E-state index < -0.39 is 5.97 Å². The fourth-order valence-corrected chi connectivity index (χ4v) is 7.08. The number of thiazole rings is 1. The van der Waals surface area contributed by atoms with E-state index in [0.717, 1.165) is 45.7 Å². The van der Waals surface area contributed by atoms with E-state index in [4.69, 9.17) is 9.47 Å². The maximum atomic E-state index is 12.5. The molecule has 8 nitrogen and oxygen atoms in total. The number of hydrogen-bond donors (Lipinski definition) is 1. The Morgan fingerprint density at radius 2 is 2.00 bits per heavy atom. The summed E-state index contributed by atoms with van der Waals surface area (Å²) >= 11 is 4.07. The van der Waals surface area contributed by atoms with Crippen LogP contribution in [0.15, 0.2) is 23.2 Å². The van der Waals surface area contributed by atoms with Gasteiger partial charge in [-0.25, -0.2) is 4.79 Å². The lowest BCUT2D eigenvalue weighted by molar-refractivity contribution is -0.115. The number of hydrogen-bond acceptors (Lipinski definition) is 8. The molecule has 0 atom stereocenters. The third kappa shape index (κ3) is 5.62. The minimum atomic E-state index is -0.428. The molecule has 2 aromatic heterocycles. The summed E-state index contributed by atoms with van der Waals surface area (Å²) in [6, 6.07) is 5.85. The van der Waals surface area contributed by atoms with Crippen LogP contribution in [0.25, 0.3) is 10.2 Å². The van der Waals surface area contributed by atoms with E-state index in [1.54, 1.807) is 0 Å². The van der Waals surface area contributed by atoms with Gasteiger partial charge in [-0.2, -0.15) is 4.99 Å². The average molecular weight is 534 g/mol. The zero-order chi connectivity index (χ0) is 24.9. The average Bonchev–Trinajstić information content (AvgIpc) is 3.50. The number of rotatable bonds is 9. The number of methoxy groups -OCH3 is 1. The second-order valence-corrected chi connectivity index (χ2v) is 10.9. The molecule has 186 valence electrons. The van der Waals surface area contributed by atoms with Gasteiger partial charge >= 0.3 is 5.97 Å². The lowest BCUT2D eigenvalue weighted by atomic mass is 10.1. The molecule has 1 aromatic carbocycles. The maximum Gasteiger partial charge on any atom is 0.341 e. The molecule has 0 unspecified atom stereocenters. The smallest absolute Gasteiger partial charge is 0.341 e. The summed E-state index contributed by atoms with van der Waals surface area (Å²) in [5.74, 6) is -0.0331. The Kier molecular flexibility index (Phi) is 8.30. The van der Waals surface area contributed by atoms with Crippen LogP contribution in [0.3, 0.4) is 0 Å². The molecule has 2 amide bonds. The summed E-state index contributed by atoms with van der Waals surface area (Å²) in [7, 11) is 1.34. The highest BCUT2D eigenvalue weighted by Gasteiger charge is 2.28. The number of esters is 1. The highest BCUT2D eigenvalue weighted by Crippen LogP contribution is 2.39. The summed E-state index contributed by atoms with van der Waals surface area (Å²) in [6.45, 7) is 5.22. The number of amides is 2. The van der Waals surface area contributed by atoms with E-state index in [1.807, 2.05) is 36.6 Å². The van der Waals surface area contributed by atoms with Crippen LogP contribution in [-0.4, -0.2) is 47.6 Å². The van der Waals surface area contributed by atoms with Crippen molar-refractivity contribution < 1.29 is 23.9 Å². The quantitative estimate of drug-likeness (QED) is 0.413. The van der Waals surface area contributed by atoms with Crippen molar-refractivity contribution >= 4 is 67.4 Å². The predicted molar refractivity (Wildman–Crippen MR) is 141 cm³/mol. The van der Waals surface area contributed by atoms with Gasteiger partial charge in [0.2, 0.25) is 5.91 Å². The zero-order valence-electron chi connectivity index (χ0n) is 19.8. The standard InChI is InChI=1S/C24H27N3O5S3/c1-4-27-16-10-9-14(32-5-2)11-18(16)35-24(27)26-20(29)13-33-12-19(28)25-22-21(23(30)31-3)15-7-6-8-17(15)34-22/h9-11H,4-8,12-13H2,1-3H3,(H,25,28). The number of carbonyl (C=O) groups is 3. The van der Waals surface area contributed by atoms with Crippen molar-refractivity contribution in [1.82, 2.24) is 4.57 Å². The fraction of sp³-hybridized carbons (Fsp3) is 0.417. The highest BCUT2D eigenvalue weighted by molar-refractivity contribution is 8.00. The van der Waals surface area contributed by atoms with Gasteiger partial charge in [0.05, 0.1) is 41.0 Å². The molecule has 0 aliphatic heterocycles. The lowest BCUT2D eigenvalue weighted by Crippen LogP contribution is -2.18. The van der Waals surface area contributed by atoms with E-state index in [-0.39, 0.29) is 23.3 Å². The molecular formula is C24H27N3O5S3. The number of ether oxygens (including phenoxy) is 2. The first-order chi connectivity index (χ1) is 16.9. The van der Waals surface area contributed by atoms with Gasteiger partial charge in [0.1, 0.15) is 10.8 Å². The Bertz CT molecular complexity index is 1340. The molecule has 3 aromatic rings. The first kappa shape index (κ1) is 25.5. The summed E-state index contributed by atoms with van der Waals surface area (Å²) in [5.41, 5.74) is 2.46. The van der Waals surface area contributed by atoms with Crippen LogP contribution in [-0.2, 0) is 33.7 Å². The van der Waals surface area contributed by atoms with E-state index in [1.165, 1.54) is 41.5 Å². The van der Waals surface area contributed by atoms with Gasteiger partial charge in [-0.05, 0) is 56.9 Å². The second-order valence-electron chi connectivity index (χ2n) is 7.79. The summed E-state index contributed by atoms with van der Waals surface area (Å²) in [6.07, 6.45) is 2.73. The Hall–Kier alpha value is -2.63. The number of benzene rings is 1. The van der Waals surface area contributed by atoms with Crippen LogP contribution >= 0.6 is 34.4 Å².